The minimum atomic E-state index is -0.170. The Morgan fingerprint density at radius 1 is 1.45 bits per heavy atom. The molecule has 0 spiro atoms. The second-order valence-corrected chi connectivity index (χ2v) is 5.49. The van der Waals surface area contributed by atoms with E-state index in [4.69, 9.17) is 5.73 Å². The van der Waals surface area contributed by atoms with Crippen LogP contribution in [0.3, 0.4) is 0 Å². The zero-order valence-electron chi connectivity index (χ0n) is 12.3. The molecule has 0 aliphatic carbocycles. The third-order valence-corrected chi connectivity index (χ3v) is 3.90. The van der Waals surface area contributed by atoms with Gasteiger partial charge < -0.3 is 16.0 Å². The molecular formula is C16H25N3O. The van der Waals surface area contributed by atoms with Crippen molar-refractivity contribution in [3.05, 3.63) is 29.8 Å². The number of anilines is 1. The van der Waals surface area contributed by atoms with Crippen molar-refractivity contribution in [2.75, 3.05) is 24.5 Å². The molecule has 1 fully saturated rings. The maximum atomic E-state index is 11.4. The van der Waals surface area contributed by atoms with Crippen LogP contribution in [0.25, 0.3) is 0 Å². The molecule has 1 aromatic carbocycles. The van der Waals surface area contributed by atoms with E-state index < -0.39 is 0 Å². The Kier molecular flexibility index (Phi) is 5.41. The fourth-order valence-corrected chi connectivity index (χ4v) is 2.80. The number of hydrogen-bond donors (Lipinski definition) is 2. The van der Waals surface area contributed by atoms with Crippen LogP contribution >= 0.6 is 0 Å². The van der Waals surface area contributed by atoms with Crippen LogP contribution in [0, 0.1) is 5.92 Å². The molecule has 0 saturated carbocycles. The van der Waals surface area contributed by atoms with E-state index in [1.165, 1.54) is 11.3 Å². The quantitative estimate of drug-likeness (QED) is 0.779. The van der Waals surface area contributed by atoms with E-state index in [-0.39, 0.29) is 11.8 Å². The Hall–Kier alpha value is -1.55. The summed E-state index contributed by atoms with van der Waals surface area (Å²) in [7, 11) is 0. The third-order valence-electron chi connectivity index (χ3n) is 3.90. The second kappa shape index (κ2) is 7.29. The number of primary amides is 1. The number of nitrogens with one attached hydrogen (secondary N) is 1. The molecule has 1 unspecified atom stereocenters. The molecule has 0 radical (unpaired) electrons. The predicted molar refractivity (Wildman–Crippen MR) is 82.6 cm³/mol. The highest BCUT2D eigenvalue weighted by Crippen LogP contribution is 2.26. The average Bonchev–Trinajstić information content (AvgIpc) is 2.48. The van der Waals surface area contributed by atoms with Crippen molar-refractivity contribution in [2.45, 2.75) is 32.7 Å². The summed E-state index contributed by atoms with van der Waals surface area (Å²) in [6.45, 7) is 5.83. The molecule has 0 aromatic heterocycles. The minimum Gasteiger partial charge on any atom is -0.370 e. The van der Waals surface area contributed by atoms with E-state index >= 15 is 0 Å². The standard InChI is InChI=1S/C16H25N3O/c1-2-9-18-11-13-6-3-4-8-15(13)19-10-5-7-14(12-19)16(17)20/h3-4,6,8,14,18H,2,5,7,9-12H2,1H3,(H2,17,20). The van der Waals surface area contributed by atoms with Crippen molar-refractivity contribution in [3.8, 4) is 0 Å². The first-order chi connectivity index (χ1) is 9.72. The van der Waals surface area contributed by atoms with Crippen molar-refractivity contribution >= 4 is 11.6 Å². The number of rotatable bonds is 6. The number of carbonyl (C=O) groups is 1. The molecular weight excluding hydrogens is 250 g/mol. The summed E-state index contributed by atoms with van der Waals surface area (Å²) in [4.78, 5) is 13.7. The third kappa shape index (κ3) is 3.73. The number of piperidine rings is 1. The number of hydrogen-bond acceptors (Lipinski definition) is 3. The summed E-state index contributed by atoms with van der Waals surface area (Å²) in [6, 6.07) is 8.44. The molecule has 0 bridgehead atoms. The summed E-state index contributed by atoms with van der Waals surface area (Å²) < 4.78 is 0. The van der Waals surface area contributed by atoms with Gasteiger partial charge in [-0.1, -0.05) is 25.1 Å². The lowest BCUT2D eigenvalue weighted by molar-refractivity contribution is -0.122. The summed E-state index contributed by atoms with van der Waals surface area (Å²) >= 11 is 0. The van der Waals surface area contributed by atoms with E-state index in [9.17, 15) is 4.79 Å². The van der Waals surface area contributed by atoms with Crippen molar-refractivity contribution in [1.29, 1.82) is 0 Å². The van der Waals surface area contributed by atoms with Gasteiger partial charge >= 0.3 is 0 Å². The molecule has 1 atom stereocenters. The maximum absolute atomic E-state index is 11.4. The first kappa shape index (κ1) is 14.9. The molecule has 20 heavy (non-hydrogen) atoms. The fourth-order valence-electron chi connectivity index (χ4n) is 2.80. The number of nitrogens with zero attached hydrogens (tertiary/aromatic N) is 1. The van der Waals surface area contributed by atoms with Gasteiger partial charge in [0.15, 0.2) is 0 Å². The number of para-hydroxylation sites is 1. The van der Waals surface area contributed by atoms with Crippen LogP contribution in [0.2, 0.25) is 0 Å². The first-order valence-electron chi connectivity index (χ1n) is 7.55. The van der Waals surface area contributed by atoms with Gasteiger partial charge in [-0.25, -0.2) is 0 Å². The van der Waals surface area contributed by atoms with E-state index in [0.717, 1.165) is 45.4 Å². The van der Waals surface area contributed by atoms with Gasteiger partial charge in [-0.05, 0) is 37.4 Å². The number of carbonyl (C=O) groups excluding carboxylic acids is 1. The van der Waals surface area contributed by atoms with E-state index in [1.807, 2.05) is 0 Å². The number of nitrogens with two attached hydrogens (primary N) is 1. The van der Waals surface area contributed by atoms with Crippen LogP contribution in [0.4, 0.5) is 5.69 Å². The van der Waals surface area contributed by atoms with Crippen LogP contribution < -0.4 is 16.0 Å². The SMILES string of the molecule is CCCNCc1ccccc1N1CCCC(C(N)=O)C1. The zero-order chi connectivity index (χ0) is 14.4. The van der Waals surface area contributed by atoms with Gasteiger partial charge in [0.25, 0.3) is 0 Å². The van der Waals surface area contributed by atoms with Gasteiger partial charge in [-0.3, -0.25) is 4.79 Å². The molecule has 4 nitrogen and oxygen atoms in total. The van der Waals surface area contributed by atoms with Crippen molar-refractivity contribution in [1.82, 2.24) is 5.32 Å². The monoisotopic (exact) mass is 275 g/mol. The fraction of sp³-hybridized carbons (Fsp3) is 0.562. The summed E-state index contributed by atoms with van der Waals surface area (Å²) in [5, 5.41) is 3.45. The molecule has 3 N–H and O–H groups in total. The summed E-state index contributed by atoms with van der Waals surface area (Å²) in [5.41, 5.74) is 8.00. The summed E-state index contributed by atoms with van der Waals surface area (Å²) in [6.07, 6.45) is 3.09. The van der Waals surface area contributed by atoms with E-state index in [2.05, 4.69) is 41.4 Å². The van der Waals surface area contributed by atoms with Crippen molar-refractivity contribution in [2.24, 2.45) is 11.7 Å². The van der Waals surface area contributed by atoms with Gasteiger partial charge in [-0.15, -0.1) is 0 Å². The lowest BCUT2D eigenvalue weighted by atomic mass is 9.96. The highest BCUT2D eigenvalue weighted by atomic mass is 16.1. The van der Waals surface area contributed by atoms with Crippen LogP contribution in [-0.2, 0) is 11.3 Å². The molecule has 1 aromatic rings. The molecule has 2 rings (SSSR count). The van der Waals surface area contributed by atoms with Gasteiger partial charge in [-0.2, -0.15) is 0 Å². The topological polar surface area (TPSA) is 58.4 Å². The van der Waals surface area contributed by atoms with Gasteiger partial charge in [0.1, 0.15) is 0 Å². The Morgan fingerprint density at radius 2 is 2.25 bits per heavy atom. The molecule has 1 saturated heterocycles. The highest BCUT2D eigenvalue weighted by Gasteiger charge is 2.24. The largest absolute Gasteiger partial charge is 0.370 e. The molecule has 110 valence electrons. The minimum absolute atomic E-state index is 0.0135. The van der Waals surface area contributed by atoms with Gasteiger partial charge in [0.05, 0.1) is 5.92 Å². The summed E-state index contributed by atoms with van der Waals surface area (Å²) in [5.74, 6) is -0.184. The van der Waals surface area contributed by atoms with Crippen LogP contribution in [0.1, 0.15) is 31.7 Å². The van der Waals surface area contributed by atoms with E-state index in [0.29, 0.717) is 0 Å². The molecule has 1 aliphatic heterocycles. The Morgan fingerprint density at radius 3 is 3.00 bits per heavy atom. The second-order valence-electron chi connectivity index (χ2n) is 5.49. The van der Waals surface area contributed by atoms with Crippen LogP contribution in [0.5, 0.6) is 0 Å². The van der Waals surface area contributed by atoms with Crippen molar-refractivity contribution in [3.63, 3.8) is 0 Å². The average molecular weight is 275 g/mol. The molecule has 4 heteroatoms. The smallest absolute Gasteiger partial charge is 0.222 e. The van der Waals surface area contributed by atoms with Crippen LogP contribution in [-0.4, -0.2) is 25.5 Å². The normalized spacial score (nSPS) is 19.1. The van der Waals surface area contributed by atoms with Gasteiger partial charge in [0.2, 0.25) is 5.91 Å². The lowest BCUT2D eigenvalue weighted by Crippen LogP contribution is -2.41. The molecule has 1 aliphatic rings. The maximum Gasteiger partial charge on any atom is 0.222 e. The number of benzene rings is 1. The lowest BCUT2D eigenvalue weighted by Gasteiger charge is -2.34. The zero-order valence-corrected chi connectivity index (χ0v) is 12.3. The van der Waals surface area contributed by atoms with Crippen molar-refractivity contribution < 1.29 is 4.79 Å². The van der Waals surface area contributed by atoms with E-state index in [1.54, 1.807) is 0 Å². The Labute approximate surface area is 121 Å². The van der Waals surface area contributed by atoms with Crippen LogP contribution in [0.15, 0.2) is 24.3 Å². The number of amides is 1. The molecule has 1 heterocycles. The Balaban J connectivity index is 2.08. The molecule has 1 amide bonds. The Bertz CT molecular complexity index is 447. The first-order valence-corrected chi connectivity index (χ1v) is 7.55. The van der Waals surface area contributed by atoms with Gasteiger partial charge in [0, 0.05) is 25.3 Å². The highest BCUT2D eigenvalue weighted by molar-refractivity contribution is 5.77. The predicted octanol–water partition coefficient (Wildman–Crippen LogP) is 1.89.